The lowest BCUT2D eigenvalue weighted by molar-refractivity contribution is 0.553. The summed E-state index contributed by atoms with van der Waals surface area (Å²) in [5.74, 6) is 0.558. The Labute approximate surface area is 106 Å². The van der Waals surface area contributed by atoms with E-state index in [1.54, 1.807) is 0 Å². The van der Waals surface area contributed by atoms with E-state index in [0.717, 1.165) is 28.5 Å². The zero-order valence-electron chi connectivity index (χ0n) is 8.35. The van der Waals surface area contributed by atoms with Crippen molar-refractivity contribution < 1.29 is 0 Å². The zero-order valence-corrected chi connectivity index (χ0v) is 10.6. The molecule has 82 valence electrons. The first-order chi connectivity index (χ1) is 7.16. The maximum absolute atomic E-state index is 6.24. The summed E-state index contributed by atoms with van der Waals surface area (Å²) in [6.07, 6.45) is 4.52. The molecule has 3 heteroatoms. The van der Waals surface area contributed by atoms with Gasteiger partial charge < -0.3 is 0 Å². The van der Waals surface area contributed by atoms with E-state index in [1.165, 1.54) is 12.8 Å². The van der Waals surface area contributed by atoms with E-state index in [0.29, 0.717) is 11.3 Å². The van der Waals surface area contributed by atoms with Gasteiger partial charge in [-0.3, -0.25) is 0 Å². The van der Waals surface area contributed by atoms with E-state index in [4.69, 9.17) is 34.8 Å². The summed E-state index contributed by atoms with van der Waals surface area (Å²) >= 11 is 18.3. The summed E-state index contributed by atoms with van der Waals surface area (Å²) in [5.41, 5.74) is 1.13. The first-order valence-electron chi connectivity index (χ1n) is 5.25. The van der Waals surface area contributed by atoms with Gasteiger partial charge in [0.05, 0.1) is 0 Å². The Morgan fingerprint density at radius 2 is 2.00 bits per heavy atom. The fourth-order valence-corrected chi connectivity index (χ4v) is 2.96. The van der Waals surface area contributed by atoms with Crippen LogP contribution in [0, 0.1) is 5.92 Å². The maximum Gasteiger partial charge on any atom is 0.0439 e. The third kappa shape index (κ3) is 2.81. The Balaban J connectivity index is 2.12. The molecular weight excluding hydrogens is 250 g/mol. The van der Waals surface area contributed by atoms with Crippen molar-refractivity contribution in [1.29, 1.82) is 0 Å². The monoisotopic (exact) mass is 262 g/mol. The number of hydrogen-bond donors (Lipinski definition) is 0. The van der Waals surface area contributed by atoms with Crippen LogP contribution in [0.15, 0.2) is 18.2 Å². The first-order valence-corrected chi connectivity index (χ1v) is 6.44. The summed E-state index contributed by atoms with van der Waals surface area (Å²) < 4.78 is 0. The lowest BCUT2D eigenvalue weighted by Crippen LogP contribution is -2.10. The largest absolute Gasteiger partial charge is 0.123 e. The van der Waals surface area contributed by atoms with Gasteiger partial charge in [0.25, 0.3) is 0 Å². The highest BCUT2D eigenvalue weighted by atomic mass is 35.5. The lowest BCUT2D eigenvalue weighted by atomic mass is 9.98. The molecule has 0 nitrogen and oxygen atoms in total. The number of benzene rings is 1. The molecule has 1 saturated carbocycles. The van der Waals surface area contributed by atoms with Gasteiger partial charge in [0.15, 0.2) is 0 Å². The van der Waals surface area contributed by atoms with Crippen LogP contribution in [0.5, 0.6) is 0 Å². The second-order valence-electron chi connectivity index (χ2n) is 4.15. The SMILES string of the molecule is Clc1ccc(Cl)c(CC2CCCC2Cl)c1. The van der Waals surface area contributed by atoms with Gasteiger partial charge in [-0.2, -0.15) is 0 Å². The van der Waals surface area contributed by atoms with E-state index in [1.807, 2.05) is 18.2 Å². The molecule has 2 unspecified atom stereocenters. The Morgan fingerprint density at radius 1 is 1.20 bits per heavy atom. The predicted octanol–water partition coefficient (Wildman–Crippen LogP) is 4.94. The maximum atomic E-state index is 6.24. The molecule has 0 aliphatic heterocycles. The van der Waals surface area contributed by atoms with Crippen LogP contribution in [-0.2, 0) is 6.42 Å². The van der Waals surface area contributed by atoms with Gasteiger partial charge in [-0.1, -0.05) is 29.6 Å². The summed E-state index contributed by atoms with van der Waals surface area (Å²) in [6, 6.07) is 5.63. The van der Waals surface area contributed by atoms with Gasteiger partial charge in [-0.05, 0) is 48.9 Å². The van der Waals surface area contributed by atoms with Crippen molar-refractivity contribution in [3.8, 4) is 0 Å². The molecule has 1 aliphatic carbocycles. The minimum absolute atomic E-state index is 0.306. The van der Waals surface area contributed by atoms with Crippen molar-refractivity contribution in [2.75, 3.05) is 0 Å². The average Bonchev–Trinajstić information content (AvgIpc) is 2.58. The fourth-order valence-electron chi connectivity index (χ4n) is 2.20. The molecule has 15 heavy (non-hydrogen) atoms. The van der Waals surface area contributed by atoms with Crippen molar-refractivity contribution in [2.45, 2.75) is 31.1 Å². The van der Waals surface area contributed by atoms with Crippen LogP contribution in [0.4, 0.5) is 0 Å². The molecule has 1 aromatic carbocycles. The van der Waals surface area contributed by atoms with E-state index >= 15 is 0 Å². The van der Waals surface area contributed by atoms with Crippen LogP contribution >= 0.6 is 34.8 Å². The summed E-state index contributed by atoms with van der Waals surface area (Å²) in [5, 5.41) is 1.86. The normalized spacial score (nSPS) is 25.8. The van der Waals surface area contributed by atoms with E-state index in [2.05, 4.69) is 0 Å². The molecular formula is C12H13Cl3. The standard InChI is InChI=1S/C12H13Cl3/c13-10-4-5-12(15)9(7-10)6-8-2-1-3-11(8)14/h4-5,7-8,11H,1-3,6H2. The molecule has 0 saturated heterocycles. The molecule has 0 radical (unpaired) electrons. The van der Waals surface area contributed by atoms with Crippen molar-refractivity contribution >= 4 is 34.8 Å². The smallest absolute Gasteiger partial charge is 0.0439 e. The van der Waals surface area contributed by atoms with Gasteiger partial charge in [-0.25, -0.2) is 0 Å². The van der Waals surface area contributed by atoms with Crippen LogP contribution in [0.3, 0.4) is 0 Å². The second-order valence-corrected chi connectivity index (χ2v) is 5.55. The molecule has 1 aliphatic rings. The Hall–Kier alpha value is 0.0900. The first kappa shape index (κ1) is 11.6. The topological polar surface area (TPSA) is 0 Å². The van der Waals surface area contributed by atoms with Gasteiger partial charge in [0.2, 0.25) is 0 Å². The molecule has 0 aromatic heterocycles. The molecule has 2 rings (SSSR count). The molecule has 0 bridgehead atoms. The fraction of sp³-hybridized carbons (Fsp3) is 0.500. The Morgan fingerprint density at radius 3 is 2.67 bits per heavy atom. The molecule has 1 fully saturated rings. The minimum Gasteiger partial charge on any atom is -0.123 e. The highest BCUT2D eigenvalue weighted by Gasteiger charge is 2.25. The lowest BCUT2D eigenvalue weighted by Gasteiger charge is -2.14. The van der Waals surface area contributed by atoms with Crippen LogP contribution in [-0.4, -0.2) is 5.38 Å². The molecule has 1 aromatic rings. The minimum atomic E-state index is 0.306. The zero-order chi connectivity index (χ0) is 10.8. The third-order valence-corrected chi connectivity index (χ3v) is 4.23. The second kappa shape index (κ2) is 4.95. The van der Waals surface area contributed by atoms with E-state index in [-0.39, 0.29) is 0 Å². The van der Waals surface area contributed by atoms with Crippen molar-refractivity contribution in [3.63, 3.8) is 0 Å². The quantitative estimate of drug-likeness (QED) is 0.663. The molecule has 0 spiro atoms. The summed E-state index contributed by atoms with van der Waals surface area (Å²) in [7, 11) is 0. The van der Waals surface area contributed by atoms with Crippen LogP contribution < -0.4 is 0 Å². The third-order valence-electron chi connectivity index (χ3n) is 3.06. The number of halogens is 3. The average molecular weight is 264 g/mol. The molecule has 0 N–H and O–H groups in total. The number of alkyl halides is 1. The summed E-state index contributed by atoms with van der Waals surface area (Å²) in [4.78, 5) is 0. The van der Waals surface area contributed by atoms with Crippen LogP contribution in [0.1, 0.15) is 24.8 Å². The van der Waals surface area contributed by atoms with Crippen LogP contribution in [0.2, 0.25) is 10.0 Å². The van der Waals surface area contributed by atoms with E-state index in [9.17, 15) is 0 Å². The van der Waals surface area contributed by atoms with Gasteiger partial charge >= 0.3 is 0 Å². The van der Waals surface area contributed by atoms with Crippen molar-refractivity contribution in [2.24, 2.45) is 5.92 Å². The summed E-state index contributed by atoms with van der Waals surface area (Å²) in [6.45, 7) is 0. The Kier molecular flexibility index (Phi) is 3.82. The van der Waals surface area contributed by atoms with Gasteiger partial charge in [0.1, 0.15) is 0 Å². The van der Waals surface area contributed by atoms with E-state index < -0.39 is 0 Å². The number of hydrogen-bond acceptors (Lipinski definition) is 0. The highest BCUT2D eigenvalue weighted by Crippen LogP contribution is 2.34. The Bertz CT molecular complexity index is 349. The van der Waals surface area contributed by atoms with Crippen molar-refractivity contribution in [1.82, 2.24) is 0 Å². The molecule has 0 amide bonds. The van der Waals surface area contributed by atoms with Gasteiger partial charge in [0, 0.05) is 15.4 Å². The van der Waals surface area contributed by atoms with Crippen LogP contribution in [0.25, 0.3) is 0 Å². The van der Waals surface area contributed by atoms with Crippen molar-refractivity contribution in [3.05, 3.63) is 33.8 Å². The molecule has 2 atom stereocenters. The molecule has 0 heterocycles. The number of rotatable bonds is 2. The van der Waals surface area contributed by atoms with Gasteiger partial charge in [-0.15, -0.1) is 11.6 Å². The predicted molar refractivity (Wildman–Crippen MR) is 67.1 cm³/mol. The highest BCUT2D eigenvalue weighted by molar-refractivity contribution is 6.33.